The fraction of sp³-hybridized carbons (Fsp3) is 0.822. The van der Waals surface area contributed by atoms with Gasteiger partial charge in [-0.15, -0.1) is 0 Å². The first-order chi connectivity index (χ1) is 27.2. The Morgan fingerprint density at radius 3 is 1.48 bits per heavy atom. The molecule has 10 nitrogen and oxygen atoms in total. The smallest absolute Gasteiger partial charge is 0.462 e. The van der Waals surface area contributed by atoms with Crippen molar-refractivity contribution in [3.05, 3.63) is 36.5 Å². The van der Waals surface area contributed by atoms with E-state index in [-0.39, 0.29) is 19.4 Å². The van der Waals surface area contributed by atoms with Gasteiger partial charge in [0, 0.05) is 12.8 Å². The van der Waals surface area contributed by atoms with Crippen molar-refractivity contribution in [2.75, 3.05) is 26.4 Å². The highest BCUT2D eigenvalue weighted by Gasteiger charge is 2.27. The van der Waals surface area contributed by atoms with Gasteiger partial charge < -0.3 is 24.6 Å². The highest BCUT2D eigenvalue weighted by atomic mass is 31.2. The Morgan fingerprint density at radius 2 is 0.982 bits per heavy atom. The number of esters is 2. The number of ether oxygens (including phenoxy) is 2. The van der Waals surface area contributed by atoms with Gasteiger partial charge in [-0.1, -0.05) is 179 Å². The van der Waals surface area contributed by atoms with E-state index in [0.29, 0.717) is 12.8 Å². The van der Waals surface area contributed by atoms with Crippen LogP contribution in [0.25, 0.3) is 0 Å². The van der Waals surface area contributed by atoms with Crippen molar-refractivity contribution in [2.24, 2.45) is 0 Å². The first-order valence-corrected chi connectivity index (χ1v) is 23.9. The Bertz CT molecular complexity index is 1030. The highest BCUT2D eigenvalue weighted by Crippen LogP contribution is 2.43. The van der Waals surface area contributed by atoms with E-state index >= 15 is 0 Å². The molecule has 0 aliphatic carbocycles. The molecule has 3 N–H and O–H groups in total. The summed E-state index contributed by atoms with van der Waals surface area (Å²) in [5.74, 6) is -0.938. The van der Waals surface area contributed by atoms with Crippen LogP contribution in [0.5, 0.6) is 0 Å². The number of rotatable bonds is 42. The number of aliphatic hydroxyl groups is 2. The number of hydrogen-bond acceptors (Lipinski definition) is 9. The van der Waals surface area contributed by atoms with Crippen LogP contribution in [0.3, 0.4) is 0 Å². The Labute approximate surface area is 341 Å². The van der Waals surface area contributed by atoms with Gasteiger partial charge in [0.05, 0.1) is 19.8 Å². The summed E-state index contributed by atoms with van der Waals surface area (Å²) in [6.45, 7) is 2.27. The van der Waals surface area contributed by atoms with Crippen LogP contribution >= 0.6 is 7.82 Å². The van der Waals surface area contributed by atoms with Crippen LogP contribution in [0, 0.1) is 0 Å². The normalized spacial score (nSPS) is 14.2. The van der Waals surface area contributed by atoms with Gasteiger partial charge >= 0.3 is 19.8 Å². The maximum absolute atomic E-state index is 12.6. The van der Waals surface area contributed by atoms with E-state index in [1.165, 1.54) is 89.9 Å². The van der Waals surface area contributed by atoms with Crippen LogP contribution in [-0.2, 0) is 32.7 Å². The number of phosphoric acid groups is 1. The average molecular weight is 815 g/mol. The van der Waals surface area contributed by atoms with E-state index in [0.717, 1.165) is 70.6 Å². The summed E-state index contributed by atoms with van der Waals surface area (Å²) in [5, 5.41) is 18.3. The molecule has 1 unspecified atom stereocenters. The summed E-state index contributed by atoms with van der Waals surface area (Å²) in [5.41, 5.74) is 0. The molecule has 0 aromatic heterocycles. The number of carbonyl (C=O) groups excluding carboxylic acids is 2. The van der Waals surface area contributed by atoms with Crippen molar-refractivity contribution in [3.8, 4) is 0 Å². The quantitative estimate of drug-likeness (QED) is 0.0235. The molecule has 0 aromatic carbocycles. The zero-order valence-corrected chi connectivity index (χ0v) is 36.5. The van der Waals surface area contributed by atoms with Gasteiger partial charge in [-0.2, -0.15) is 0 Å². The van der Waals surface area contributed by atoms with Gasteiger partial charge in [-0.25, -0.2) is 4.57 Å². The third-order valence-electron chi connectivity index (χ3n) is 9.56. The number of carbonyl (C=O) groups is 2. The van der Waals surface area contributed by atoms with Crippen molar-refractivity contribution >= 4 is 19.8 Å². The molecule has 0 spiro atoms. The van der Waals surface area contributed by atoms with Crippen LogP contribution in [0.1, 0.15) is 200 Å². The maximum atomic E-state index is 12.6. The Morgan fingerprint density at radius 1 is 0.554 bits per heavy atom. The lowest BCUT2D eigenvalue weighted by Crippen LogP contribution is -2.29. The van der Waals surface area contributed by atoms with Gasteiger partial charge in [0.15, 0.2) is 6.10 Å². The van der Waals surface area contributed by atoms with Crippen molar-refractivity contribution in [2.45, 2.75) is 212 Å². The predicted molar refractivity (Wildman–Crippen MR) is 228 cm³/mol. The first kappa shape index (κ1) is 54.2. The lowest BCUT2D eigenvalue weighted by atomic mass is 10.0. The van der Waals surface area contributed by atoms with Gasteiger partial charge in [-0.3, -0.25) is 18.6 Å². The fourth-order valence-electron chi connectivity index (χ4n) is 6.13. The average Bonchev–Trinajstić information content (AvgIpc) is 3.19. The number of aliphatic hydroxyl groups excluding tert-OH is 2. The first-order valence-electron chi connectivity index (χ1n) is 22.4. The molecular formula is C45H83O10P. The van der Waals surface area contributed by atoms with Crippen molar-refractivity contribution < 1.29 is 47.8 Å². The minimum atomic E-state index is -4.62. The third kappa shape index (κ3) is 40.4. The van der Waals surface area contributed by atoms with E-state index in [2.05, 4.69) is 50.3 Å². The van der Waals surface area contributed by atoms with E-state index in [1.807, 2.05) is 0 Å². The Kier molecular flexibility index (Phi) is 40.0. The number of allylic oxidation sites excluding steroid dienone is 6. The molecule has 0 amide bonds. The lowest BCUT2D eigenvalue weighted by Gasteiger charge is -2.20. The number of hydrogen-bond donors (Lipinski definition) is 3. The molecule has 0 radical (unpaired) electrons. The zero-order valence-electron chi connectivity index (χ0n) is 35.6. The number of unbranched alkanes of at least 4 members (excludes halogenated alkanes) is 22. The molecule has 0 saturated carbocycles. The van der Waals surface area contributed by atoms with Gasteiger partial charge in [0.1, 0.15) is 12.7 Å². The molecule has 11 heteroatoms. The molecule has 328 valence electrons. The Hall–Kier alpha value is -1.81. The van der Waals surface area contributed by atoms with Crippen LogP contribution in [0.2, 0.25) is 0 Å². The second kappa shape index (κ2) is 41.4. The van der Waals surface area contributed by atoms with E-state index in [9.17, 15) is 24.2 Å². The third-order valence-corrected chi connectivity index (χ3v) is 10.5. The molecule has 0 heterocycles. The fourth-order valence-corrected chi connectivity index (χ4v) is 6.92. The van der Waals surface area contributed by atoms with Gasteiger partial charge in [0.25, 0.3) is 0 Å². The summed E-state index contributed by atoms with van der Waals surface area (Å²) >= 11 is 0. The summed E-state index contributed by atoms with van der Waals surface area (Å²) in [6.07, 6.45) is 42.5. The van der Waals surface area contributed by atoms with E-state index < -0.39 is 51.8 Å². The molecule has 0 rings (SSSR count). The maximum Gasteiger partial charge on any atom is 0.472 e. The molecule has 0 bridgehead atoms. The van der Waals surface area contributed by atoms with Crippen molar-refractivity contribution in [3.63, 3.8) is 0 Å². The molecule has 0 saturated heterocycles. The molecule has 0 aliphatic heterocycles. The molecule has 0 aromatic rings. The topological polar surface area (TPSA) is 149 Å². The van der Waals surface area contributed by atoms with Gasteiger partial charge in [0.2, 0.25) is 0 Å². The summed E-state index contributed by atoms with van der Waals surface area (Å²) in [6, 6.07) is 0. The molecule has 3 atom stereocenters. The SMILES string of the molecule is CC/C=C\C/C=C\C/C=C\CCCCCCCC(=O)O[C@H](COC(=O)CCCCCCCCCCCCCCCCCCCC)COP(=O)(O)OC[C@@H](O)CO. The number of phosphoric ester groups is 1. The second-order valence-electron chi connectivity index (χ2n) is 15.1. The summed E-state index contributed by atoms with van der Waals surface area (Å²) in [4.78, 5) is 35.0. The molecular weight excluding hydrogens is 731 g/mol. The second-order valence-corrected chi connectivity index (χ2v) is 16.5. The predicted octanol–water partition coefficient (Wildman–Crippen LogP) is 11.9. The largest absolute Gasteiger partial charge is 0.472 e. The van der Waals surface area contributed by atoms with E-state index in [1.54, 1.807) is 0 Å². The monoisotopic (exact) mass is 815 g/mol. The van der Waals surface area contributed by atoms with Crippen LogP contribution in [0.15, 0.2) is 36.5 Å². The molecule has 56 heavy (non-hydrogen) atoms. The van der Waals surface area contributed by atoms with Crippen molar-refractivity contribution in [1.82, 2.24) is 0 Å². The van der Waals surface area contributed by atoms with Crippen LogP contribution in [-0.4, -0.2) is 65.7 Å². The van der Waals surface area contributed by atoms with Crippen molar-refractivity contribution in [1.29, 1.82) is 0 Å². The van der Waals surface area contributed by atoms with Gasteiger partial charge in [-0.05, 0) is 44.9 Å². The standard InChI is InChI=1S/C45H83O10P/c1-3-5-7-9-11-13-15-17-19-20-21-23-24-26-28-30-32-34-36-44(48)52-40-43(41-54-56(50,51)53-39-42(47)38-46)55-45(49)37-35-33-31-29-27-25-22-18-16-14-12-10-8-6-4-2/h6,8,12,14,18,22,42-43,46-47H,3-5,7,9-11,13,15-17,19-21,23-41H2,1-2H3,(H,50,51)/b8-6-,14-12-,22-18-/t42-,43+/m0/s1. The minimum Gasteiger partial charge on any atom is -0.462 e. The highest BCUT2D eigenvalue weighted by molar-refractivity contribution is 7.47. The summed E-state index contributed by atoms with van der Waals surface area (Å²) in [7, 11) is -4.62. The van der Waals surface area contributed by atoms with Crippen LogP contribution in [0.4, 0.5) is 0 Å². The summed E-state index contributed by atoms with van der Waals surface area (Å²) < 4.78 is 32.7. The van der Waals surface area contributed by atoms with Crippen LogP contribution < -0.4 is 0 Å². The Balaban J connectivity index is 4.26. The minimum absolute atomic E-state index is 0.166. The molecule has 0 fully saturated rings. The van der Waals surface area contributed by atoms with E-state index in [4.69, 9.17) is 23.6 Å². The lowest BCUT2D eigenvalue weighted by molar-refractivity contribution is -0.161. The zero-order chi connectivity index (χ0) is 41.2. The molecule has 0 aliphatic rings.